The van der Waals surface area contributed by atoms with Gasteiger partial charge in [-0.3, -0.25) is 4.90 Å². The third-order valence-corrected chi connectivity index (χ3v) is 7.78. The number of halogens is 5. The zero-order valence-electron chi connectivity index (χ0n) is 18.2. The van der Waals surface area contributed by atoms with Crippen LogP contribution in [-0.2, 0) is 22.6 Å². The Bertz CT molecular complexity index is 1010. The first-order valence-corrected chi connectivity index (χ1v) is 12.0. The molecular formula is C22H25F5N4O2S. The summed E-state index contributed by atoms with van der Waals surface area (Å²) in [5.41, 5.74) is 7.46. The minimum absolute atomic E-state index is 0.0775. The van der Waals surface area contributed by atoms with Crippen molar-refractivity contribution in [3.05, 3.63) is 52.9 Å². The van der Waals surface area contributed by atoms with Crippen LogP contribution in [-0.4, -0.2) is 56.9 Å². The van der Waals surface area contributed by atoms with Crippen LogP contribution in [0.3, 0.4) is 0 Å². The minimum Gasteiger partial charge on any atom is -0.381 e. The summed E-state index contributed by atoms with van der Waals surface area (Å²) in [6, 6.07) is 0.618. The van der Waals surface area contributed by atoms with E-state index in [9.17, 15) is 22.0 Å². The van der Waals surface area contributed by atoms with E-state index < -0.39 is 42.1 Å². The SMILES string of the molecule is NC1CC(N2Cc3cn(SC4CCOCC4)nc3C2)C(C(F)(F)F)O[C@@H]1c1cc(F)ccc1F. The van der Waals surface area contributed by atoms with Crippen LogP contribution >= 0.6 is 11.9 Å². The summed E-state index contributed by atoms with van der Waals surface area (Å²) >= 11 is 1.61. The number of hydrogen-bond donors (Lipinski definition) is 1. The van der Waals surface area contributed by atoms with Crippen molar-refractivity contribution in [2.45, 2.75) is 68.1 Å². The van der Waals surface area contributed by atoms with E-state index in [2.05, 4.69) is 5.10 Å². The Morgan fingerprint density at radius 3 is 2.59 bits per heavy atom. The molecule has 0 radical (unpaired) electrons. The standard InChI is InChI=1S/C22H25F5N4O2S/c23-13-1-2-16(24)15(7-13)20-17(28)8-19(21(33-20)22(25,26)27)30-9-12-10-31(29-18(12)11-30)34-14-3-5-32-6-4-14/h1-2,7,10,14,17,19-21H,3-6,8-9,11,28H2/t17?,19?,20-,21?/m1/s1. The maximum absolute atomic E-state index is 14.3. The van der Waals surface area contributed by atoms with E-state index in [-0.39, 0.29) is 25.1 Å². The topological polar surface area (TPSA) is 65.5 Å². The van der Waals surface area contributed by atoms with Gasteiger partial charge in [0.1, 0.15) is 17.7 Å². The van der Waals surface area contributed by atoms with E-state index in [1.807, 2.05) is 6.20 Å². The number of aromatic nitrogens is 2. The van der Waals surface area contributed by atoms with Crippen LogP contribution in [0.5, 0.6) is 0 Å². The van der Waals surface area contributed by atoms with Crippen molar-refractivity contribution in [3.63, 3.8) is 0 Å². The second kappa shape index (κ2) is 9.38. The van der Waals surface area contributed by atoms with Gasteiger partial charge in [0.25, 0.3) is 0 Å². The first-order chi connectivity index (χ1) is 16.2. The number of rotatable bonds is 4. The number of hydrogen-bond acceptors (Lipinski definition) is 6. The Morgan fingerprint density at radius 1 is 1.12 bits per heavy atom. The predicted octanol–water partition coefficient (Wildman–Crippen LogP) is 3.94. The van der Waals surface area contributed by atoms with Gasteiger partial charge in [-0.25, -0.2) is 12.9 Å². The van der Waals surface area contributed by atoms with E-state index in [1.165, 1.54) is 0 Å². The van der Waals surface area contributed by atoms with Crippen LogP contribution in [0.1, 0.15) is 42.2 Å². The molecule has 0 aliphatic carbocycles. The van der Waals surface area contributed by atoms with Crippen molar-refractivity contribution < 1.29 is 31.4 Å². The summed E-state index contributed by atoms with van der Waals surface area (Å²) in [6.45, 7) is 1.96. The van der Waals surface area contributed by atoms with Gasteiger partial charge in [0.05, 0.1) is 5.69 Å². The molecule has 12 heteroatoms. The molecule has 2 aromatic rings. The molecular weight excluding hydrogens is 479 g/mol. The first-order valence-electron chi connectivity index (χ1n) is 11.2. The lowest BCUT2D eigenvalue weighted by Gasteiger charge is -2.44. The highest BCUT2D eigenvalue weighted by Gasteiger charge is 2.54. The van der Waals surface area contributed by atoms with Crippen molar-refractivity contribution in [2.75, 3.05) is 13.2 Å². The summed E-state index contributed by atoms with van der Waals surface area (Å²) in [6.07, 6.45) is -4.64. The molecule has 2 saturated heterocycles. The van der Waals surface area contributed by atoms with E-state index >= 15 is 0 Å². The van der Waals surface area contributed by atoms with Crippen molar-refractivity contribution in [1.82, 2.24) is 14.1 Å². The van der Waals surface area contributed by atoms with Gasteiger partial charge in [0, 0.05) is 61.0 Å². The molecule has 2 fully saturated rings. The first kappa shape index (κ1) is 24.0. The van der Waals surface area contributed by atoms with Gasteiger partial charge in [-0.05, 0) is 49.4 Å². The molecule has 0 amide bonds. The average molecular weight is 505 g/mol. The molecule has 3 aliphatic rings. The van der Waals surface area contributed by atoms with Crippen molar-refractivity contribution in [1.29, 1.82) is 0 Å². The molecule has 0 spiro atoms. The summed E-state index contributed by atoms with van der Waals surface area (Å²) in [4.78, 5) is 1.66. The fourth-order valence-corrected chi connectivity index (χ4v) is 5.97. The highest BCUT2D eigenvalue weighted by Crippen LogP contribution is 2.42. The van der Waals surface area contributed by atoms with Crippen LogP contribution in [0, 0.1) is 11.6 Å². The normalized spacial score (nSPS) is 28.9. The number of nitrogens with two attached hydrogens (primary N) is 1. The molecule has 6 nitrogen and oxygen atoms in total. The van der Waals surface area contributed by atoms with Gasteiger partial charge in [0.15, 0.2) is 6.10 Å². The molecule has 1 aromatic carbocycles. The molecule has 1 aromatic heterocycles. The highest BCUT2D eigenvalue weighted by molar-refractivity contribution is 7.98. The molecule has 0 bridgehead atoms. The van der Waals surface area contributed by atoms with Gasteiger partial charge in [-0.15, -0.1) is 0 Å². The lowest BCUT2D eigenvalue weighted by molar-refractivity contribution is -0.269. The number of ether oxygens (including phenoxy) is 2. The smallest absolute Gasteiger partial charge is 0.381 e. The van der Waals surface area contributed by atoms with Gasteiger partial charge >= 0.3 is 6.18 Å². The average Bonchev–Trinajstić information content (AvgIpc) is 3.34. The maximum atomic E-state index is 14.3. The third-order valence-electron chi connectivity index (χ3n) is 6.61. The van der Waals surface area contributed by atoms with Crippen LogP contribution in [0.4, 0.5) is 22.0 Å². The maximum Gasteiger partial charge on any atom is 0.416 e. The Labute approximate surface area is 197 Å². The highest BCUT2D eigenvalue weighted by atomic mass is 32.2. The monoisotopic (exact) mass is 504 g/mol. The molecule has 4 atom stereocenters. The molecule has 3 aliphatic heterocycles. The van der Waals surface area contributed by atoms with E-state index in [4.69, 9.17) is 15.2 Å². The van der Waals surface area contributed by atoms with Crippen LogP contribution in [0.25, 0.3) is 0 Å². The van der Waals surface area contributed by atoms with Gasteiger partial charge in [-0.1, -0.05) is 0 Å². The van der Waals surface area contributed by atoms with Crippen molar-refractivity contribution in [3.8, 4) is 0 Å². The fraction of sp³-hybridized carbons (Fsp3) is 0.591. The molecule has 5 rings (SSSR count). The number of alkyl halides is 3. The number of nitrogens with zero attached hydrogens (tertiary/aromatic N) is 3. The number of benzene rings is 1. The van der Waals surface area contributed by atoms with Crippen molar-refractivity contribution >= 4 is 11.9 Å². The second-order valence-corrected chi connectivity index (χ2v) is 10.2. The van der Waals surface area contributed by atoms with Crippen LogP contribution in [0.2, 0.25) is 0 Å². The summed E-state index contributed by atoms with van der Waals surface area (Å²) < 4.78 is 82.6. The number of fused-ring (bicyclic) bond motifs is 1. The summed E-state index contributed by atoms with van der Waals surface area (Å²) in [5.74, 6) is -1.61. The predicted molar refractivity (Wildman–Crippen MR) is 115 cm³/mol. The molecule has 2 N–H and O–H groups in total. The molecule has 0 saturated carbocycles. The molecule has 3 unspecified atom stereocenters. The van der Waals surface area contributed by atoms with E-state index in [1.54, 1.807) is 20.9 Å². The second-order valence-electron chi connectivity index (χ2n) is 8.98. The van der Waals surface area contributed by atoms with Gasteiger partial charge in [0.2, 0.25) is 0 Å². The summed E-state index contributed by atoms with van der Waals surface area (Å²) in [7, 11) is 0. The van der Waals surface area contributed by atoms with Crippen LogP contribution in [0.15, 0.2) is 24.4 Å². The zero-order chi connectivity index (χ0) is 24.0. The molecule has 34 heavy (non-hydrogen) atoms. The Balaban J connectivity index is 1.31. The molecule has 4 heterocycles. The lowest BCUT2D eigenvalue weighted by Crippen LogP contribution is -2.58. The minimum atomic E-state index is -4.70. The van der Waals surface area contributed by atoms with Crippen molar-refractivity contribution in [2.24, 2.45) is 5.73 Å². The quantitative estimate of drug-likeness (QED) is 0.637. The van der Waals surface area contributed by atoms with Gasteiger partial charge < -0.3 is 15.2 Å². The lowest BCUT2D eigenvalue weighted by atomic mass is 9.89. The van der Waals surface area contributed by atoms with Gasteiger partial charge in [-0.2, -0.15) is 18.3 Å². The Morgan fingerprint density at radius 2 is 1.88 bits per heavy atom. The fourth-order valence-electron chi connectivity index (χ4n) is 4.92. The third kappa shape index (κ3) is 4.83. The van der Waals surface area contributed by atoms with Crippen LogP contribution < -0.4 is 5.73 Å². The van der Waals surface area contributed by atoms with E-state index in [0.29, 0.717) is 18.5 Å². The summed E-state index contributed by atoms with van der Waals surface area (Å²) in [5, 5.41) is 4.97. The Kier molecular flexibility index (Phi) is 6.62. The Hall–Kier alpha value is -1.73. The zero-order valence-corrected chi connectivity index (χ0v) is 19.0. The molecule has 186 valence electrons. The van der Waals surface area contributed by atoms with E-state index in [0.717, 1.165) is 42.3 Å². The largest absolute Gasteiger partial charge is 0.416 e.